The lowest BCUT2D eigenvalue weighted by Crippen LogP contribution is -2.17. The van der Waals surface area contributed by atoms with Crippen molar-refractivity contribution in [2.24, 2.45) is 0 Å². The zero-order valence-corrected chi connectivity index (χ0v) is 22.0. The Labute approximate surface area is 200 Å². The first-order chi connectivity index (χ1) is 13.2. The summed E-state index contributed by atoms with van der Waals surface area (Å²) in [5.41, 5.74) is 9.04. The molecule has 2 aliphatic rings. The van der Waals surface area contributed by atoms with Crippen LogP contribution in [0.3, 0.4) is 0 Å². The Kier molecular flexibility index (Phi) is 3.68. The third-order valence-electron chi connectivity index (χ3n) is 6.69. The minimum Gasteiger partial charge on any atom is -0.129 e. The Bertz CT molecular complexity index is 1230. The Morgan fingerprint density at radius 3 is 1.43 bits per heavy atom. The van der Waals surface area contributed by atoms with Gasteiger partial charge in [-0.2, -0.15) is 0 Å². The van der Waals surface area contributed by atoms with Gasteiger partial charge in [0.2, 0.25) is 0 Å². The lowest BCUT2D eigenvalue weighted by atomic mass is 9.76. The van der Waals surface area contributed by atoms with Crippen molar-refractivity contribution in [1.82, 2.24) is 0 Å². The topological polar surface area (TPSA) is 0 Å². The van der Waals surface area contributed by atoms with Gasteiger partial charge in [-0.3, -0.25) is 0 Å². The molecule has 4 heteroatoms. The van der Waals surface area contributed by atoms with Crippen LogP contribution < -0.4 is 0 Å². The van der Waals surface area contributed by atoms with E-state index in [-0.39, 0.29) is 10.8 Å². The van der Waals surface area contributed by atoms with E-state index in [1.165, 1.54) is 59.7 Å². The molecule has 2 aromatic heterocycles. The highest BCUT2D eigenvalue weighted by Gasteiger charge is 2.42. The van der Waals surface area contributed by atoms with Gasteiger partial charge < -0.3 is 0 Å². The molecule has 0 N–H and O–H groups in total. The van der Waals surface area contributed by atoms with E-state index in [4.69, 9.17) is 0 Å². The van der Waals surface area contributed by atoms with Crippen molar-refractivity contribution in [3.8, 4) is 20.9 Å². The van der Waals surface area contributed by atoms with Crippen molar-refractivity contribution >= 4 is 78.6 Å². The molecule has 0 unspecified atom stereocenters. The number of rotatable bonds is 0. The molecule has 140 valence electrons. The fourth-order valence-corrected chi connectivity index (χ4v) is 9.55. The molecule has 0 saturated heterocycles. The van der Waals surface area contributed by atoms with Crippen molar-refractivity contribution in [2.45, 2.75) is 38.5 Å². The summed E-state index contributed by atoms with van der Waals surface area (Å²) in [6, 6.07) is 14.4. The van der Waals surface area contributed by atoms with Gasteiger partial charge in [0, 0.05) is 20.6 Å². The van der Waals surface area contributed by atoms with Crippen molar-refractivity contribution in [2.75, 3.05) is 0 Å². The van der Waals surface area contributed by atoms with E-state index in [1.807, 2.05) is 22.7 Å². The highest BCUT2D eigenvalue weighted by Crippen LogP contribution is 2.58. The number of benzene rings is 2. The van der Waals surface area contributed by atoms with E-state index < -0.39 is 0 Å². The summed E-state index contributed by atoms with van der Waals surface area (Å²) in [5.74, 6) is 0. The van der Waals surface area contributed by atoms with Crippen molar-refractivity contribution in [3.63, 3.8) is 0 Å². The maximum Gasteiger partial charge on any atom is 0.0663 e. The summed E-state index contributed by atoms with van der Waals surface area (Å²) in [6.07, 6.45) is 0. The van der Waals surface area contributed by atoms with Crippen LogP contribution in [0, 0.1) is 5.77 Å². The van der Waals surface area contributed by atoms with Crippen LogP contribution in [-0.4, -0.2) is 0 Å². The molecular formula is C24H18I2S2. The molecular weight excluding hydrogens is 606 g/mol. The molecule has 2 heterocycles. The molecule has 2 aromatic carbocycles. The molecule has 28 heavy (non-hydrogen) atoms. The van der Waals surface area contributed by atoms with Gasteiger partial charge in [0.25, 0.3) is 0 Å². The van der Waals surface area contributed by atoms with E-state index in [2.05, 4.69) is 109 Å². The predicted molar refractivity (Wildman–Crippen MR) is 140 cm³/mol. The molecule has 0 bridgehead atoms. The maximum absolute atomic E-state index is 2.47. The summed E-state index contributed by atoms with van der Waals surface area (Å²) in [6.45, 7) is 9.60. The first-order valence-corrected chi connectivity index (χ1v) is 13.2. The predicted octanol–water partition coefficient (Wildman–Crippen LogP) is 8.78. The molecule has 0 nitrogen and oxygen atoms in total. The second kappa shape index (κ2) is 5.62. The van der Waals surface area contributed by atoms with Gasteiger partial charge in [0.05, 0.1) is 5.77 Å². The zero-order chi connectivity index (χ0) is 19.6. The van der Waals surface area contributed by atoms with Gasteiger partial charge in [-0.15, -0.1) is 22.7 Å². The van der Waals surface area contributed by atoms with Crippen LogP contribution in [0.2, 0.25) is 0 Å². The van der Waals surface area contributed by atoms with Crippen LogP contribution in [0.5, 0.6) is 0 Å². The fraction of sp³-hybridized carbons (Fsp3) is 0.250. The smallest absolute Gasteiger partial charge is 0.0663 e. The lowest BCUT2D eigenvalue weighted by Gasteiger charge is -2.26. The highest BCUT2D eigenvalue weighted by molar-refractivity contribution is 14.1. The number of halogens is 2. The average molecular weight is 624 g/mol. The Hall–Kier alpha value is -0.440. The minimum atomic E-state index is 0.0568. The summed E-state index contributed by atoms with van der Waals surface area (Å²) in [7, 11) is 0. The second-order valence-corrected chi connectivity index (χ2v) is 14.8. The quantitative estimate of drug-likeness (QED) is 0.172. The molecule has 0 fully saturated rings. The molecule has 0 amide bonds. The van der Waals surface area contributed by atoms with E-state index in [9.17, 15) is 0 Å². The largest absolute Gasteiger partial charge is 0.129 e. The normalized spacial score (nSPS) is 17.5. The highest BCUT2D eigenvalue weighted by atomic mass is 127. The summed E-state index contributed by atoms with van der Waals surface area (Å²) >= 11 is 8.81. The van der Waals surface area contributed by atoms with Crippen molar-refractivity contribution < 1.29 is 0 Å². The van der Waals surface area contributed by atoms with Gasteiger partial charge in [-0.25, -0.2) is 0 Å². The van der Waals surface area contributed by atoms with E-state index in [0.717, 1.165) is 0 Å². The van der Waals surface area contributed by atoms with Crippen LogP contribution >= 0.6 is 67.9 Å². The maximum atomic E-state index is 2.47. The van der Waals surface area contributed by atoms with E-state index in [0.29, 0.717) is 0 Å². The van der Waals surface area contributed by atoms with Crippen LogP contribution in [0.4, 0.5) is 0 Å². The monoisotopic (exact) mass is 624 g/mol. The van der Waals surface area contributed by atoms with Gasteiger partial charge in [0.15, 0.2) is 0 Å². The SMILES string of the molecule is CC1(C)c2cc(I)sc2-c2ccc3c4c(ccc3c21)-c1sc(I)cc1C4(C)C. The number of hydrogen-bond acceptors (Lipinski definition) is 2. The molecule has 0 spiro atoms. The average Bonchev–Trinajstić information content (AvgIpc) is 3.31. The van der Waals surface area contributed by atoms with Crippen LogP contribution in [0.15, 0.2) is 36.4 Å². The zero-order valence-electron chi connectivity index (χ0n) is 16.0. The number of fused-ring (bicyclic) bond motifs is 9. The van der Waals surface area contributed by atoms with E-state index >= 15 is 0 Å². The minimum absolute atomic E-state index is 0.0568. The summed E-state index contributed by atoms with van der Waals surface area (Å²) < 4.78 is 2.77. The van der Waals surface area contributed by atoms with Gasteiger partial charge in [-0.1, -0.05) is 52.0 Å². The van der Waals surface area contributed by atoms with Crippen molar-refractivity contribution in [1.29, 1.82) is 0 Å². The third kappa shape index (κ3) is 2.11. The van der Waals surface area contributed by atoms with Gasteiger partial charge in [-0.05, 0) is 101 Å². The Balaban J connectivity index is 1.72. The standard InChI is InChI=1S/C24H18I2S2/c1-23(2)15-9-17(25)27-21(15)13-7-6-12-11(19(13)23)5-8-14-20(12)24(3,4)16-10-18(26)28-22(14)16/h5-10H,1-4H3. The summed E-state index contributed by atoms with van der Waals surface area (Å²) in [4.78, 5) is 2.94. The molecule has 0 atom stereocenters. The second-order valence-electron chi connectivity index (χ2n) is 8.91. The first kappa shape index (κ1) is 18.3. The molecule has 0 aliphatic heterocycles. The Morgan fingerprint density at radius 2 is 1.04 bits per heavy atom. The van der Waals surface area contributed by atoms with Gasteiger partial charge in [0.1, 0.15) is 0 Å². The molecule has 0 saturated carbocycles. The molecule has 0 radical (unpaired) electrons. The third-order valence-corrected chi connectivity index (χ3v) is 10.5. The molecule has 2 aliphatic carbocycles. The van der Waals surface area contributed by atoms with Gasteiger partial charge >= 0.3 is 0 Å². The first-order valence-electron chi connectivity index (χ1n) is 9.42. The lowest BCUT2D eigenvalue weighted by molar-refractivity contribution is 0.662. The fourth-order valence-electron chi connectivity index (χ4n) is 5.45. The van der Waals surface area contributed by atoms with Crippen LogP contribution in [0.1, 0.15) is 49.9 Å². The number of thiophene rings is 2. The van der Waals surface area contributed by atoms with Crippen molar-refractivity contribution in [3.05, 3.63) is 64.4 Å². The molecule has 6 rings (SSSR count). The molecule has 4 aromatic rings. The summed E-state index contributed by atoms with van der Waals surface area (Å²) in [5, 5.41) is 2.88. The Morgan fingerprint density at radius 1 is 0.643 bits per heavy atom. The number of hydrogen-bond donors (Lipinski definition) is 0. The van der Waals surface area contributed by atoms with Crippen LogP contribution in [-0.2, 0) is 10.8 Å². The van der Waals surface area contributed by atoms with E-state index in [1.54, 1.807) is 0 Å². The van der Waals surface area contributed by atoms with Crippen LogP contribution in [0.25, 0.3) is 31.7 Å².